The molecule has 3 heteroatoms. The average molecular weight is 193 g/mol. The quantitative estimate of drug-likeness (QED) is 0.616. The number of allylic oxidation sites excluding steroid dienone is 1. The second-order valence-corrected chi connectivity index (χ2v) is 4.07. The summed E-state index contributed by atoms with van der Waals surface area (Å²) in [7, 11) is 0. The summed E-state index contributed by atoms with van der Waals surface area (Å²) >= 11 is 10.8. The number of rotatable bonds is 2. The van der Waals surface area contributed by atoms with E-state index in [2.05, 4.69) is 0 Å². The first-order chi connectivity index (χ1) is 5.01. The zero-order valence-corrected chi connectivity index (χ0v) is 7.99. The molecule has 0 spiro atoms. The van der Waals surface area contributed by atoms with Crippen LogP contribution in [0.4, 0.5) is 0 Å². The fourth-order valence-corrected chi connectivity index (χ4v) is 2.12. The van der Waals surface area contributed by atoms with Crippen LogP contribution >= 0.6 is 23.2 Å². The lowest BCUT2D eigenvalue weighted by molar-refractivity contribution is -0.113. The summed E-state index contributed by atoms with van der Waals surface area (Å²) in [6, 6.07) is 0. The summed E-state index contributed by atoms with van der Waals surface area (Å²) in [6.45, 7) is 4.03. The second kappa shape index (κ2) is 2.80. The maximum atomic E-state index is 10.8. The highest BCUT2D eigenvalue weighted by atomic mass is 35.5. The van der Waals surface area contributed by atoms with Gasteiger partial charge < -0.3 is 0 Å². The SMILES string of the molecule is CC1(C)C(C=CCl)C1C(=O)Cl. The second-order valence-electron chi connectivity index (χ2n) is 3.45. The third kappa shape index (κ3) is 1.45. The van der Waals surface area contributed by atoms with Gasteiger partial charge in [-0.15, -0.1) is 0 Å². The van der Waals surface area contributed by atoms with Gasteiger partial charge >= 0.3 is 0 Å². The van der Waals surface area contributed by atoms with Gasteiger partial charge in [-0.05, 0) is 22.9 Å². The van der Waals surface area contributed by atoms with Gasteiger partial charge in [-0.1, -0.05) is 31.5 Å². The largest absolute Gasteiger partial charge is 0.281 e. The van der Waals surface area contributed by atoms with E-state index in [0.717, 1.165) is 0 Å². The van der Waals surface area contributed by atoms with Crippen molar-refractivity contribution < 1.29 is 4.79 Å². The first-order valence-corrected chi connectivity index (χ1v) is 4.29. The van der Waals surface area contributed by atoms with Gasteiger partial charge in [-0.3, -0.25) is 4.79 Å². The molecule has 1 fully saturated rings. The van der Waals surface area contributed by atoms with Crippen molar-refractivity contribution in [2.24, 2.45) is 17.3 Å². The Labute approximate surface area is 76.4 Å². The number of halogens is 2. The van der Waals surface area contributed by atoms with Gasteiger partial charge in [0.2, 0.25) is 5.24 Å². The Bertz CT molecular complexity index is 208. The van der Waals surface area contributed by atoms with E-state index in [-0.39, 0.29) is 22.5 Å². The summed E-state index contributed by atoms with van der Waals surface area (Å²) in [4.78, 5) is 10.8. The molecular formula is C8H10Cl2O. The number of carbonyl (C=O) groups is 1. The fourth-order valence-electron chi connectivity index (χ4n) is 1.55. The minimum Gasteiger partial charge on any atom is -0.281 e. The molecule has 2 unspecified atom stereocenters. The number of hydrogen-bond donors (Lipinski definition) is 0. The molecule has 0 radical (unpaired) electrons. The van der Waals surface area contributed by atoms with Crippen molar-refractivity contribution in [2.75, 3.05) is 0 Å². The van der Waals surface area contributed by atoms with Gasteiger partial charge in [0.15, 0.2) is 0 Å². The Balaban J connectivity index is 2.68. The molecule has 0 heterocycles. The van der Waals surface area contributed by atoms with Gasteiger partial charge in [0.1, 0.15) is 0 Å². The van der Waals surface area contributed by atoms with Crippen molar-refractivity contribution >= 4 is 28.4 Å². The monoisotopic (exact) mass is 192 g/mol. The third-order valence-electron chi connectivity index (χ3n) is 2.44. The maximum absolute atomic E-state index is 10.8. The van der Waals surface area contributed by atoms with E-state index in [9.17, 15) is 4.79 Å². The lowest BCUT2D eigenvalue weighted by atomic mass is 10.1. The van der Waals surface area contributed by atoms with Crippen molar-refractivity contribution in [2.45, 2.75) is 13.8 Å². The van der Waals surface area contributed by atoms with Crippen molar-refractivity contribution in [3.63, 3.8) is 0 Å². The van der Waals surface area contributed by atoms with E-state index in [1.54, 1.807) is 0 Å². The fraction of sp³-hybridized carbons (Fsp3) is 0.625. The first-order valence-electron chi connectivity index (χ1n) is 3.48. The van der Waals surface area contributed by atoms with E-state index < -0.39 is 0 Å². The third-order valence-corrected chi connectivity index (χ3v) is 2.82. The molecule has 1 aliphatic rings. The molecule has 1 rings (SSSR count). The molecule has 0 saturated heterocycles. The number of hydrogen-bond acceptors (Lipinski definition) is 1. The molecular weight excluding hydrogens is 183 g/mol. The van der Waals surface area contributed by atoms with Gasteiger partial charge in [0.05, 0.1) is 0 Å². The van der Waals surface area contributed by atoms with Crippen molar-refractivity contribution in [3.05, 3.63) is 11.6 Å². The van der Waals surface area contributed by atoms with Crippen molar-refractivity contribution in [1.82, 2.24) is 0 Å². The van der Waals surface area contributed by atoms with Gasteiger partial charge in [-0.25, -0.2) is 0 Å². The van der Waals surface area contributed by atoms with Gasteiger partial charge in [0.25, 0.3) is 0 Å². The Hall–Kier alpha value is -0.0100. The van der Waals surface area contributed by atoms with E-state index in [4.69, 9.17) is 23.2 Å². The molecule has 0 bridgehead atoms. The Morgan fingerprint density at radius 3 is 2.36 bits per heavy atom. The predicted molar refractivity (Wildman–Crippen MR) is 46.6 cm³/mol. The Morgan fingerprint density at radius 2 is 2.09 bits per heavy atom. The molecule has 0 aliphatic heterocycles. The summed E-state index contributed by atoms with van der Waals surface area (Å²) in [5, 5.41) is -0.255. The van der Waals surface area contributed by atoms with Crippen LogP contribution in [0.25, 0.3) is 0 Å². The van der Waals surface area contributed by atoms with Crippen LogP contribution in [0.15, 0.2) is 11.6 Å². The molecule has 0 N–H and O–H groups in total. The standard InChI is InChI=1S/C8H10Cl2O/c1-8(2)5(3-4-9)6(8)7(10)11/h3-6H,1-2H3. The molecule has 2 atom stereocenters. The molecule has 1 nitrogen and oxygen atoms in total. The lowest BCUT2D eigenvalue weighted by Gasteiger charge is -1.95. The van der Waals surface area contributed by atoms with Crippen LogP contribution in [0, 0.1) is 17.3 Å². The minimum atomic E-state index is -0.255. The molecule has 0 aromatic heterocycles. The molecule has 1 saturated carbocycles. The molecule has 0 amide bonds. The number of carbonyl (C=O) groups excluding carboxylic acids is 1. The summed E-state index contributed by atoms with van der Waals surface area (Å²) in [5.74, 6) is 0.184. The van der Waals surface area contributed by atoms with Crippen LogP contribution in [0.2, 0.25) is 0 Å². The van der Waals surface area contributed by atoms with Crippen LogP contribution in [0.1, 0.15) is 13.8 Å². The van der Waals surface area contributed by atoms with Gasteiger partial charge in [0, 0.05) is 11.5 Å². The van der Waals surface area contributed by atoms with Crippen LogP contribution in [-0.2, 0) is 4.79 Å². The zero-order valence-electron chi connectivity index (χ0n) is 6.47. The van der Waals surface area contributed by atoms with Crippen LogP contribution < -0.4 is 0 Å². The molecule has 11 heavy (non-hydrogen) atoms. The summed E-state index contributed by atoms with van der Waals surface area (Å²) < 4.78 is 0. The zero-order chi connectivity index (χ0) is 8.65. The topological polar surface area (TPSA) is 17.1 Å². The van der Waals surface area contributed by atoms with E-state index in [1.165, 1.54) is 5.54 Å². The Morgan fingerprint density at radius 1 is 1.55 bits per heavy atom. The van der Waals surface area contributed by atoms with Crippen molar-refractivity contribution in [3.8, 4) is 0 Å². The average Bonchev–Trinajstić information content (AvgIpc) is 2.35. The first kappa shape index (κ1) is 9.08. The van der Waals surface area contributed by atoms with Crippen LogP contribution in [0.5, 0.6) is 0 Å². The summed E-state index contributed by atoms with van der Waals surface area (Å²) in [5.41, 5.74) is 1.45. The highest BCUT2D eigenvalue weighted by Crippen LogP contribution is 2.59. The minimum absolute atomic E-state index is 0.00419. The van der Waals surface area contributed by atoms with Crippen LogP contribution in [-0.4, -0.2) is 5.24 Å². The smallest absolute Gasteiger partial charge is 0.225 e. The molecule has 0 aromatic carbocycles. The van der Waals surface area contributed by atoms with Crippen molar-refractivity contribution in [1.29, 1.82) is 0 Å². The maximum Gasteiger partial charge on any atom is 0.225 e. The predicted octanol–water partition coefficient (Wildman–Crippen LogP) is 2.78. The lowest BCUT2D eigenvalue weighted by Crippen LogP contribution is -1.96. The Kier molecular flexibility index (Phi) is 2.31. The highest BCUT2D eigenvalue weighted by molar-refractivity contribution is 6.64. The normalized spacial score (nSPS) is 34.2. The van der Waals surface area contributed by atoms with E-state index >= 15 is 0 Å². The molecule has 1 aliphatic carbocycles. The molecule has 0 aromatic rings. The van der Waals surface area contributed by atoms with Crippen LogP contribution in [0.3, 0.4) is 0 Å². The van der Waals surface area contributed by atoms with Gasteiger partial charge in [-0.2, -0.15) is 0 Å². The van der Waals surface area contributed by atoms with E-state index in [1.807, 2.05) is 19.9 Å². The van der Waals surface area contributed by atoms with E-state index in [0.29, 0.717) is 0 Å². The highest BCUT2D eigenvalue weighted by Gasteiger charge is 2.59. The summed E-state index contributed by atoms with van der Waals surface area (Å²) in [6.07, 6.45) is 1.83. The molecule has 62 valence electrons.